The molecule has 33 heavy (non-hydrogen) atoms. The molecule has 0 saturated carbocycles. The molecule has 0 bridgehead atoms. The second kappa shape index (κ2) is 26.5. The maximum Gasteiger partial charge on any atom is 0.162 e. The van der Waals surface area contributed by atoms with Gasteiger partial charge in [0.1, 0.15) is 0 Å². The van der Waals surface area contributed by atoms with Crippen molar-refractivity contribution in [1.82, 2.24) is 0 Å². The van der Waals surface area contributed by atoms with Crippen molar-refractivity contribution in [3.05, 3.63) is 0 Å². The van der Waals surface area contributed by atoms with Crippen LogP contribution in [-0.2, 0) is 9.47 Å². The van der Waals surface area contributed by atoms with Crippen LogP contribution in [-0.4, -0.2) is 19.0 Å². The topological polar surface area (TPSA) is 18.5 Å². The number of ether oxygens (including phenoxy) is 2. The van der Waals surface area contributed by atoms with Gasteiger partial charge in [-0.25, -0.2) is 0 Å². The van der Waals surface area contributed by atoms with Gasteiger partial charge in [-0.2, -0.15) is 0 Å². The summed E-state index contributed by atoms with van der Waals surface area (Å²) >= 11 is 0. The van der Waals surface area contributed by atoms with Crippen LogP contribution < -0.4 is 0 Å². The third-order valence-electron chi connectivity index (χ3n) is 6.90. The van der Waals surface area contributed by atoms with Crippen molar-refractivity contribution in [3.8, 4) is 0 Å². The second-order valence-electron chi connectivity index (χ2n) is 10.9. The van der Waals surface area contributed by atoms with Gasteiger partial charge < -0.3 is 9.47 Å². The van der Waals surface area contributed by atoms with Gasteiger partial charge in [0, 0.05) is 13.2 Å². The largest absolute Gasteiger partial charge is 0.351 e. The molecule has 0 N–H and O–H groups in total. The maximum absolute atomic E-state index is 6.01. The van der Waals surface area contributed by atoms with Crippen LogP contribution in [0.1, 0.15) is 182 Å². The minimum Gasteiger partial charge on any atom is -0.351 e. The van der Waals surface area contributed by atoms with Crippen LogP contribution in [0.4, 0.5) is 0 Å². The van der Waals surface area contributed by atoms with Crippen LogP contribution >= 0.6 is 0 Å². The van der Waals surface area contributed by atoms with E-state index in [2.05, 4.69) is 27.7 Å². The maximum atomic E-state index is 6.01. The molecule has 0 atom stereocenters. The molecule has 2 nitrogen and oxygen atoms in total. The summed E-state index contributed by atoms with van der Waals surface area (Å²) in [5.41, 5.74) is 0. The summed E-state index contributed by atoms with van der Waals surface area (Å²) in [5.74, 6) is -0.421. The van der Waals surface area contributed by atoms with Crippen LogP contribution in [0, 0.1) is 0 Å². The van der Waals surface area contributed by atoms with E-state index in [1.807, 2.05) is 0 Å². The highest BCUT2D eigenvalue weighted by atomic mass is 16.7. The van der Waals surface area contributed by atoms with Crippen molar-refractivity contribution in [2.75, 3.05) is 13.2 Å². The molecular formula is C31H64O2. The van der Waals surface area contributed by atoms with Gasteiger partial charge in [-0.3, -0.25) is 0 Å². The summed E-state index contributed by atoms with van der Waals surface area (Å²) in [7, 11) is 0. The minimum absolute atomic E-state index is 0.421. The molecule has 0 aliphatic heterocycles. The van der Waals surface area contributed by atoms with E-state index in [4.69, 9.17) is 9.47 Å². The van der Waals surface area contributed by atoms with E-state index in [-0.39, 0.29) is 0 Å². The Morgan fingerprint density at radius 3 is 0.788 bits per heavy atom. The first-order chi connectivity index (χ1) is 16.1. The number of hydrogen-bond donors (Lipinski definition) is 0. The zero-order valence-electron chi connectivity index (χ0n) is 23.7. The summed E-state index contributed by atoms with van der Waals surface area (Å²) in [6.07, 6.45) is 33.2. The fourth-order valence-corrected chi connectivity index (χ4v) is 4.56. The predicted molar refractivity (Wildman–Crippen MR) is 148 cm³/mol. The fourth-order valence-electron chi connectivity index (χ4n) is 4.56. The van der Waals surface area contributed by atoms with Crippen molar-refractivity contribution >= 4 is 0 Å². The fraction of sp³-hybridized carbons (Fsp3) is 1.00. The Kier molecular flexibility index (Phi) is 26.5. The van der Waals surface area contributed by atoms with Gasteiger partial charge >= 0.3 is 0 Å². The summed E-state index contributed by atoms with van der Waals surface area (Å²) in [6.45, 7) is 10.4. The Morgan fingerprint density at radius 1 is 0.333 bits per heavy atom. The highest BCUT2D eigenvalue weighted by molar-refractivity contribution is 4.56. The molecule has 0 saturated heterocycles. The standard InChI is InChI=1S/C31H64O2/c1-5-7-9-11-13-15-17-19-21-23-25-27-29-32-31(3,4)33-30-28-26-24-22-20-18-16-14-12-10-8-6-2/h5-30H2,1-4H3. The SMILES string of the molecule is CCCCCCCCCCCCCCOC(C)(C)OCCCCCCCCCCCCCC. The average Bonchev–Trinajstić information content (AvgIpc) is 2.80. The normalized spacial score (nSPS) is 12.0. The third-order valence-corrected chi connectivity index (χ3v) is 6.90. The van der Waals surface area contributed by atoms with E-state index in [0.717, 1.165) is 13.2 Å². The van der Waals surface area contributed by atoms with Crippen LogP contribution in [0.25, 0.3) is 0 Å². The molecule has 0 aliphatic carbocycles. The van der Waals surface area contributed by atoms with Gasteiger partial charge in [0.05, 0.1) is 0 Å². The van der Waals surface area contributed by atoms with Crippen LogP contribution in [0.15, 0.2) is 0 Å². The highest BCUT2D eigenvalue weighted by Crippen LogP contribution is 2.16. The van der Waals surface area contributed by atoms with Crippen molar-refractivity contribution in [1.29, 1.82) is 0 Å². The summed E-state index contributed by atoms with van der Waals surface area (Å²) < 4.78 is 12.0. The first kappa shape index (κ1) is 32.9. The van der Waals surface area contributed by atoms with Crippen molar-refractivity contribution in [3.63, 3.8) is 0 Å². The number of unbranched alkanes of at least 4 members (excludes halogenated alkanes) is 22. The Labute approximate surface area is 210 Å². The van der Waals surface area contributed by atoms with Gasteiger partial charge in [-0.05, 0) is 26.7 Å². The molecule has 0 spiro atoms. The summed E-state index contributed by atoms with van der Waals surface area (Å²) in [5, 5.41) is 0. The van der Waals surface area contributed by atoms with Crippen LogP contribution in [0.5, 0.6) is 0 Å². The molecule has 0 amide bonds. The molecule has 0 fully saturated rings. The molecule has 2 heteroatoms. The smallest absolute Gasteiger partial charge is 0.162 e. The lowest BCUT2D eigenvalue weighted by molar-refractivity contribution is -0.214. The van der Waals surface area contributed by atoms with E-state index >= 15 is 0 Å². The average molecular weight is 469 g/mol. The van der Waals surface area contributed by atoms with Crippen molar-refractivity contribution in [2.24, 2.45) is 0 Å². The molecule has 200 valence electrons. The zero-order valence-corrected chi connectivity index (χ0v) is 23.7. The molecule has 0 heterocycles. The van der Waals surface area contributed by atoms with Gasteiger partial charge in [0.2, 0.25) is 0 Å². The third kappa shape index (κ3) is 28.0. The summed E-state index contributed by atoms with van der Waals surface area (Å²) in [6, 6.07) is 0. The van der Waals surface area contributed by atoms with E-state index in [9.17, 15) is 0 Å². The zero-order chi connectivity index (χ0) is 24.3. The van der Waals surface area contributed by atoms with Crippen molar-refractivity contribution < 1.29 is 9.47 Å². The molecule has 0 aromatic heterocycles. The molecule has 0 aliphatic rings. The van der Waals surface area contributed by atoms with E-state index in [1.54, 1.807) is 0 Å². The number of rotatable bonds is 28. The van der Waals surface area contributed by atoms with Crippen LogP contribution in [0.2, 0.25) is 0 Å². The van der Waals surface area contributed by atoms with E-state index in [1.165, 1.54) is 154 Å². The lowest BCUT2D eigenvalue weighted by atomic mass is 10.1. The van der Waals surface area contributed by atoms with E-state index in [0.29, 0.717) is 0 Å². The lowest BCUT2D eigenvalue weighted by Gasteiger charge is -2.25. The van der Waals surface area contributed by atoms with Crippen LogP contribution in [0.3, 0.4) is 0 Å². The quantitative estimate of drug-likeness (QED) is 0.0839. The molecule has 0 unspecified atom stereocenters. The molecular weight excluding hydrogens is 404 g/mol. The first-order valence-electron chi connectivity index (χ1n) is 15.4. The minimum atomic E-state index is -0.421. The Bertz CT molecular complexity index is 321. The second-order valence-corrected chi connectivity index (χ2v) is 10.9. The van der Waals surface area contributed by atoms with Crippen molar-refractivity contribution in [2.45, 2.75) is 188 Å². The summed E-state index contributed by atoms with van der Waals surface area (Å²) in [4.78, 5) is 0. The van der Waals surface area contributed by atoms with Gasteiger partial charge in [-0.15, -0.1) is 0 Å². The number of hydrogen-bond acceptors (Lipinski definition) is 2. The molecule has 0 aromatic rings. The lowest BCUT2D eigenvalue weighted by Crippen LogP contribution is -2.29. The van der Waals surface area contributed by atoms with Gasteiger partial charge in [0.15, 0.2) is 5.79 Å². The van der Waals surface area contributed by atoms with Gasteiger partial charge in [-0.1, -0.05) is 155 Å². The predicted octanol–water partition coefficient (Wildman–Crippen LogP) is 11.2. The Hall–Kier alpha value is -0.0800. The molecule has 0 radical (unpaired) electrons. The molecule has 0 aromatic carbocycles. The van der Waals surface area contributed by atoms with E-state index < -0.39 is 5.79 Å². The monoisotopic (exact) mass is 468 g/mol. The molecule has 0 rings (SSSR count). The van der Waals surface area contributed by atoms with Gasteiger partial charge in [0.25, 0.3) is 0 Å². The Morgan fingerprint density at radius 2 is 0.545 bits per heavy atom. The Balaban J connectivity index is 3.28. The highest BCUT2D eigenvalue weighted by Gasteiger charge is 2.17. The first-order valence-corrected chi connectivity index (χ1v) is 15.4.